The normalized spacial score (nSPS) is 11.8. The van der Waals surface area contributed by atoms with E-state index in [1.54, 1.807) is 0 Å². The molecular weight excluding hydrogens is 240 g/mol. The average molecular weight is 245 g/mol. The van der Waals surface area contributed by atoms with Crippen LogP contribution in [-0.2, 0) is 11.9 Å². The standard InChI is InChI=1S/C8H5ClF4S/c9-14-4-5-1-2-6(7(10)3-5)8(11,12)13/h1-3H,4H2. The molecule has 1 aromatic rings. The van der Waals surface area contributed by atoms with E-state index in [9.17, 15) is 17.6 Å². The van der Waals surface area contributed by atoms with Crippen LogP contribution in [0.4, 0.5) is 17.6 Å². The van der Waals surface area contributed by atoms with Gasteiger partial charge in [-0.3, -0.25) is 0 Å². The summed E-state index contributed by atoms with van der Waals surface area (Å²) in [5.41, 5.74) is -0.823. The molecule has 0 amide bonds. The van der Waals surface area contributed by atoms with Crippen molar-refractivity contribution in [3.63, 3.8) is 0 Å². The Hall–Kier alpha value is -0.420. The van der Waals surface area contributed by atoms with Gasteiger partial charge in [0.1, 0.15) is 5.82 Å². The maximum absolute atomic E-state index is 12.9. The fraction of sp³-hybridized carbons (Fsp3) is 0.250. The van der Waals surface area contributed by atoms with E-state index in [1.165, 1.54) is 6.07 Å². The van der Waals surface area contributed by atoms with Gasteiger partial charge in [-0.25, -0.2) is 4.39 Å². The lowest BCUT2D eigenvalue weighted by molar-refractivity contribution is -0.140. The second-order valence-corrected chi connectivity index (χ2v) is 3.73. The van der Waals surface area contributed by atoms with Gasteiger partial charge in [0.05, 0.1) is 5.56 Å². The fourth-order valence-corrected chi connectivity index (χ4v) is 1.62. The van der Waals surface area contributed by atoms with Crippen molar-refractivity contribution < 1.29 is 17.6 Å². The number of alkyl halides is 3. The zero-order valence-electron chi connectivity index (χ0n) is 6.74. The van der Waals surface area contributed by atoms with Crippen molar-refractivity contribution in [1.82, 2.24) is 0 Å². The van der Waals surface area contributed by atoms with E-state index in [-0.39, 0.29) is 5.75 Å². The summed E-state index contributed by atoms with van der Waals surface area (Å²) < 4.78 is 49.2. The van der Waals surface area contributed by atoms with Crippen LogP contribution < -0.4 is 0 Å². The van der Waals surface area contributed by atoms with Gasteiger partial charge in [0.25, 0.3) is 0 Å². The molecule has 0 radical (unpaired) electrons. The van der Waals surface area contributed by atoms with Crippen molar-refractivity contribution in [3.8, 4) is 0 Å². The Morgan fingerprint density at radius 1 is 1.29 bits per heavy atom. The van der Waals surface area contributed by atoms with Crippen LogP contribution >= 0.6 is 21.7 Å². The van der Waals surface area contributed by atoms with Gasteiger partial charge in [0, 0.05) is 5.75 Å². The molecule has 1 rings (SSSR count). The SMILES string of the molecule is Fc1cc(CSCl)ccc1C(F)(F)F. The van der Waals surface area contributed by atoms with Crippen molar-refractivity contribution >= 4 is 21.7 Å². The van der Waals surface area contributed by atoms with Crippen LogP contribution in [-0.4, -0.2) is 0 Å². The van der Waals surface area contributed by atoms with Crippen molar-refractivity contribution in [2.75, 3.05) is 0 Å². The van der Waals surface area contributed by atoms with E-state index in [2.05, 4.69) is 0 Å². The van der Waals surface area contributed by atoms with Crippen LogP contribution in [0.1, 0.15) is 11.1 Å². The van der Waals surface area contributed by atoms with E-state index >= 15 is 0 Å². The molecule has 14 heavy (non-hydrogen) atoms. The number of benzene rings is 1. The minimum atomic E-state index is -4.64. The van der Waals surface area contributed by atoms with Crippen LogP contribution in [0.3, 0.4) is 0 Å². The van der Waals surface area contributed by atoms with Crippen LogP contribution in [0.25, 0.3) is 0 Å². The molecule has 0 fully saturated rings. The predicted molar refractivity (Wildman–Crippen MR) is 48.6 cm³/mol. The van der Waals surface area contributed by atoms with Gasteiger partial charge in [-0.15, -0.1) is 0 Å². The minimum absolute atomic E-state index is 0.274. The van der Waals surface area contributed by atoms with Crippen LogP contribution in [0.15, 0.2) is 18.2 Å². The summed E-state index contributed by atoms with van der Waals surface area (Å²) in [6.45, 7) is 0. The summed E-state index contributed by atoms with van der Waals surface area (Å²) in [6.07, 6.45) is -4.64. The van der Waals surface area contributed by atoms with Crippen molar-refractivity contribution in [2.24, 2.45) is 0 Å². The molecule has 0 aliphatic rings. The Morgan fingerprint density at radius 3 is 2.36 bits per heavy atom. The zero-order valence-corrected chi connectivity index (χ0v) is 8.31. The van der Waals surface area contributed by atoms with E-state index < -0.39 is 17.6 Å². The Bertz CT molecular complexity index is 324. The van der Waals surface area contributed by atoms with Gasteiger partial charge in [-0.1, -0.05) is 17.0 Å². The lowest BCUT2D eigenvalue weighted by Crippen LogP contribution is -2.08. The molecule has 0 spiro atoms. The lowest BCUT2D eigenvalue weighted by Gasteiger charge is -2.08. The minimum Gasteiger partial charge on any atom is -0.206 e. The Balaban J connectivity index is 3.02. The van der Waals surface area contributed by atoms with E-state index in [4.69, 9.17) is 10.7 Å². The third-order valence-electron chi connectivity index (χ3n) is 1.56. The summed E-state index contributed by atoms with van der Waals surface area (Å²) in [5, 5.41) is 0. The van der Waals surface area contributed by atoms with E-state index in [1.807, 2.05) is 0 Å². The molecule has 0 bridgehead atoms. The first kappa shape index (κ1) is 11.7. The largest absolute Gasteiger partial charge is 0.419 e. The first-order chi connectivity index (χ1) is 6.45. The van der Waals surface area contributed by atoms with Gasteiger partial charge in [0.2, 0.25) is 0 Å². The molecule has 0 atom stereocenters. The Morgan fingerprint density at radius 2 is 1.93 bits per heavy atom. The third-order valence-corrected chi connectivity index (χ3v) is 2.33. The molecule has 0 N–H and O–H groups in total. The summed E-state index contributed by atoms with van der Waals surface area (Å²) in [5.74, 6) is -0.989. The topological polar surface area (TPSA) is 0 Å². The van der Waals surface area contributed by atoms with Crippen LogP contribution in [0.2, 0.25) is 0 Å². The first-order valence-electron chi connectivity index (χ1n) is 3.54. The molecule has 0 aromatic heterocycles. The molecule has 0 aliphatic heterocycles. The number of hydrogen-bond acceptors (Lipinski definition) is 1. The highest BCUT2D eigenvalue weighted by atomic mass is 35.7. The summed E-state index contributed by atoms with van der Waals surface area (Å²) in [6, 6.07) is 2.78. The van der Waals surface area contributed by atoms with Crippen molar-refractivity contribution in [1.29, 1.82) is 0 Å². The molecule has 0 heterocycles. The monoisotopic (exact) mass is 244 g/mol. The quantitative estimate of drug-likeness (QED) is 0.702. The van der Waals surface area contributed by atoms with Gasteiger partial charge >= 0.3 is 6.18 Å². The highest BCUT2D eigenvalue weighted by Gasteiger charge is 2.33. The fourth-order valence-electron chi connectivity index (χ4n) is 0.941. The molecule has 0 aliphatic carbocycles. The second-order valence-electron chi connectivity index (χ2n) is 2.57. The van der Waals surface area contributed by atoms with Crippen molar-refractivity contribution in [2.45, 2.75) is 11.9 Å². The van der Waals surface area contributed by atoms with Crippen LogP contribution in [0.5, 0.6) is 0 Å². The molecule has 6 heteroatoms. The van der Waals surface area contributed by atoms with Gasteiger partial charge in [0.15, 0.2) is 0 Å². The maximum Gasteiger partial charge on any atom is 0.419 e. The van der Waals surface area contributed by atoms with E-state index in [0.717, 1.165) is 23.1 Å². The second kappa shape index (κ2) is 4.40. The summed E-state index contributed by atoms with van der Waals surface area (Å²) in [7, 11) is 6.19. The summed E-state index contributed by atoms with van der Waals surface area (Å²) in [4.78, 5) is 0. The first-order valence-corrected chi connectivity index (χ1v) is 5.35. The molecule has 78 valence electrons. The number of halogens is 5. The summed E-state index contributed by atoms with van der Waals surface area (Å²) >= 11 is 0. The third kappa shape index (κ3) is 2.78. The average Bonchev–Trinajstić information content (AvgIpc) is 2.02. The van der Waals surface area contributed by atoms with Crippen LogP contribution in [0, 0.1) is 5.82 Å². The number of rotatable bonds is 2. The smallest absolute Gasteiger partial charge is 0.206 e. The van der Waals surface area contributed by atoms with E-state index in [0.29, 0.717) is 5.56 Å². The maximum atomic E-state index is 12.9. The molecule has 0 unspecified atom stereocenters. The molecule has 0 nitrogen and oxygen atoms in total. The highest BCUT2D eigenvalue weighted by Crippen LogP contribution is 2.32. The molecule has 0 saturated heterocycles. The molecule has 1 aromatic carbocycles. The molecule has 0 saturated carbocycles. The lowest BCUT2D eigenvalue weighted by atomic mass is 10.1. The predicted octanol–water partition coefficient (Wildman–Crippen LogP) is 4.23. The van der Waals surface area contributed by atoms with Gasteiger partial charge < -0.3 is 0 Å². The molecular formula is C8H5ClF4S. The zero-order chi connectivity index (χ0) is 10.8. The van der Waals surface area contributed by atoms with Gasteiger partial charge in [-0.05, 0) is 28.4 Å². The van der Waals surface area contributed by atoms with Crippen molar-refractivity contribution in [3.05, 3.63) is 35.1 Å². The Kier molecular flexibility index (Phi) is 3.66. The Labute approximate surface area is 86.8 Å². The highest BCUT2D eigenvalue weighted by molar-refractivity contribution is 8.20. The van der Waals surface area contributed by atoms with Gasteiger partial charge in [-0.2, -0.15) is 13.2 Å². The number of hydrogen-bond donors (Lipinski definition) is 0.